The highest BCUT2D eigenvalue weighted by atomic mass is 32.2. The predicted octanol–water partition coefficient (Wildman–Crippen LogP) is 4.56. The van der Waals surface area contributed by atoms with Crippen LogP contribution in [0.25, 0.3) is 0 Å². The first-order valence-corrected chi connectivity index (χ1v) is 9.62. The van der Waals surface area contributed by atoms with Crippen LogP contribution in [0.5, 0.6) is 0 Å². The third-order valence-electron chi connectivity index (χ3n) is 4.01. The van der Waals surface area contributed by atoms with E-state index in [9.17, 15) is 0 Å². The van der Waals surface area contributed by atoms with Crippen LogP contribution < -0.4 is 5.32 Å². The zero-order chi connectivity index (χ0) is 13.4. The molecule has 1 aliphatic heterocycles. The van der Waals surface area contributed by atoms with Gasteiger partial charge in [0.05, 0.1) is 0 Å². The van der Waals surface area contributed by atoms with Gasteiger partial charge in [-0.25, -0.2) is 0 Å². The van der Waals surface area contributed by atoms with Crippen LogP contribution in [0.15, 0.2) is 0 Å². The molecular formula is C15H31NS2. The molecule has 108 valence electrons. The van der Waals surface area contributed by atoms with E-state index in [1.165, 1.54) is 44.3 Å². The summed E-state index contributed by atoms with van der Waals surface area (Å²) in [5, 5.41) is 6.02. The topological polar surface area (TPSA) is 12.0 Å². The van der Waals surface area contributed by atoms with Gasteiger partial charge in [-0.3, -0.25) is 0 Å². The standard InChI is InChI=1S/C15H31NS2/c1-5-6-7-8-9-10-14(16-4)15-11-17-12(2)13(3)18-15/h12-16H,5-11H2,1-4H3. The van der Waals surface area contributed by atoms with Crippen molar-refractivity contribution in [2.24, 2.45) is 0 Å². The monoisotopic (exact) mass is 289 g/mol. The molecule has 1 rings (SSSR count). The number of nitrogens with one attached hydrogen (secondary N) is 1. The van der Waals surface area contributed by atoms with Gasteiger partial charge in [0.1, 0.15) is 0 Å². The van der Waals surface area contributed by atoms with Crippen molar-refractivity contribution in [2.45, 2.75) is 81.1 Å². The third-order valence-corrected chi connectivity index (χ3v) is 7.56. The predicted molar refractivity (Wildman–Crippen MR) is 89.0 cm³/mol. The molecule has 0 saturated carbocycles. The van der Waals surface area contributed by atoms with Crippen molar-refractivity contribution in [1.29, 1.82) is 0 Å². The highest BCUT2D eigenvalue weighted by Crippen LogP contribution is 2.37. The Morgan fingerprint density at radius 1 is 1.11 bits per heavy atom. The first kappa shape index (κ1) is 16.7. The molecule has 0 aromatic heterocycles. The number of unbranched alkanes of at least 4 members (excludes halogenated alkanes) is 4. The number of hydrogen-bond acceptors (Lipinski definition) is 3. The number of thioether (sulfide) groups is 2. The molecule has 4 unspecified atom stereocenters. The molecule has 1 N–H and O–H groups in total. The second-order valence-electron chi connectivity index (χ2n) is 5.52. The summed E-state index contributed by atoms with van der Waals surface area (Å²) in [6.07, 6.45) is 8.36. The van der Waals surface area contributed by atoms with Gasteiger partial charge in [0.2, 0.25) is 0 Å². The number of rotatable bonds is 8. The summed E-state index contributed by atoms with van der Waals surface area (Å²) in [6, 6.07) is 0.721. The summed E-state index contributed by atoms with van der Waals surface area (Å²) in [6.45, 7) is 7.05. The summed E-state index contributed by atoms with van der Waals surface area (Å²) in [4.78, 5) is 0. The molecule has 3 heteroatoms. The van der Waals surface area contributed by atoms with Crippen LogP contribution in [-0.2, 0) is 0 Å². The average molecular weight is 290 g/mol. The zero-order valence-electron chi connectivity index (χ0n) is 12.6. The maximum atomic E-state index is 3.56. The normalized spacial score (nSPS) is 30.3. The first-order chi connectivity index (χ1) is 8.69. The highest BCUT2D eigenvalue weighted by Gasteiger charge is 2.30. The maximum absolute atomic E-state index is 3.56. The highest BCUT2D eigenvalue weighted by molar-refractivity contribution is 8.07. The summed E-state index contributed by atoms with van der Waals surface area (Å²) < 4.78 is 0. The van der Waals surface area contributed by atoms with E-state index in [4.69, 9.17) is 0 Å². The van der Waals surface area contributed by atoms with Crippen LogP contribution >= 0.6 is 23.5 Å². The van der Waals surface area contributed by atoms with Crippen LogP contribution in [-0.4, -0.2) is 34.6 Å². The largest absolute Gasteiger partial charge is 0.316 e. The SMILES string of the molecule is CCCCCCCC(NC)C1CSC(C)C(C)S1. The molecule has 1 heterocycles. The Kier molecular flexibility index (Phi) is 8.86. The molecule has 1 fully saturated rings. The van der Waals surface area contributed by atoms with Crippen LogP contribution in [0.2, 0.25) is 0 Å². The minimum absolute atomic E-state index is 0.721. The second-order valence-corrected chi connectivity index (χ2v) is 8.55. The minimum Gasteiger partial charge on any atom is -0.316 e. The third kappa shape index (κ3) is 5.75. The summed E-state index contributed by atoms with van der Waals surface area (Å²) >= 11 is 4.38. The molecule has 0 spiro atoms. The van der Waals surface area contributed by atoms with Crippen molar-refractivity contribution in [3.63, 3.8) is 0 Å². The molecule has 18 heavy (non-hydrogen) atoms. The Morgan fingerprint density at radius 2 is 1.83 bits per heavy atom. The Morgan fingerprint density at radius 3 is 2.44 bits per heavy atom. The van der Waals surface area contributed by atoms with Crippen LogP contribution in [0.3, 0.4) is 0 Å². The summed E-state index contributed by atoms with van der Waals surface area (Å²) in [7, 11) is 2.14. The fourth-order valence-corrected chi connectivity index (χ4v) is 5.71. The molecule has 1 saturated heterocycles. The van der Waals surface area contributed by atoms with Crippen molar-refractivity contribution >= 4 is 23.5 Å². The van der Waals surface area contributed by atoms with Crippen molar-refractivity contribution in [3.05, 3.63) is 0 Å². The molecule has 1 aliphatic rings. The lowest BCUT2D eigenvalue weighted by Crippen LogP contribution is -2.41. The summed E-state index contributed by atoms with van der Waals surface area (Å²) in [5.41, 5.74) is 0. The Labute approximate surface area is 123 Å². The van der Waals surface area contributed by atoms with Gasteiger partial charge < -0.3 is 5.32 Å². The molecule has 0 aromatic rings. The average Bonchev–Trinajstić information content (AvgIpc) is 2.37. The van der Waals surface area contributed by atoms with Gasteiger partial charge in [0.25, 0.3) is 0 Å². The van der Waals surface area contributed by atoms with Gasteiger partial charge in [-0.1, -0.05) is 52.9 Å². The zero-order valence-corrected chi connectivity index (χ0v) is 14.2. The van der Waals surface area contributed by atoms with Gasteiger partial charge in [0.15, 0.2) is 0 Å². The van der Waals surface area contributed by atoms with E-state index in [0.717, 1.165) is 21.8 Å². The fourth-order valence-electron chi connectivity index (χ4n) is 2.50. The smallest absolute Gasteiger partial charge is 0.0294 e. The van der Waals surface area contributed by atoms with Crippen LogP contribution in [0.1, 0.15) is 59.3 Å². The molecular weight excluding hydrogens is 258 g/mol. The molecule has 0 radical (unpaired) electrons. The minimum atomic E-state index is 0.721. The molecule has 1 nitrogen and oxygen atoms in total. The molecule has 4 atom stereocenters. The number of hydrogen-bond donors (Lipinski definition) is 1. The quantitative estimate of drug-likeness (QED) is 0.658. The van der Waals surface area contributed by atoms with E-state index in [1.54, 1.807) is 0 Å². The van der Waals surface area contributed by atoms with Crippen molar-refractivity contribution in [3.8, 4) is 0 Å². The van der Waals surface area contributed by atoms with Crippen molar-refractivity contribution < 1.29 is 0 Å². The second kappa shape index (κ2) is 9.55. The van der Waals surface area contributed by atoms with Gasteiger partial charge >= 0.3 is 0 Å². The Hall–Kier alpha value is 0.660. The van der Waals surface area contributed by atoms with Gasteiger partial charge in [-0.15, -0.1) is 0 Å². The van der Waals surface area contributed by atoms with Gasteiger partial charge in [-0.2, -0.15) is 23.5 Å². The van der Waals surface area contributed by atoms with Crippen molar-refractivity contribution in [1.82, 2.24) is 5.32 Å². The van der Waals surface area contributed by atoms with Crippen molar-refractivity contribution in [2.75, 3.05) is 12.8 Å². The van der Waals surface area contributed by atoms with E-state index < -0.39 is 0 Å². The lowest BCUT2D eigenvalue weighted by atomic mass is 10.0. The maximum Gasteiger partial charge on any atom is 0.0294 e. The van der Waals surface area contributed by atoms with Crippen LogP contribution in [0.4, 0.5) is 0 Å². The lowest BCUT2D eigenvalue weighted by molar-refractivity contribution is 0.481. The van der Waals surface area contributed by atoms with Gasteiger partial charge in [0, 0.05) is 27.5 Å². The molecule has 0 aliphatic carbocycles. The lowest BCUT2D eigenvalue weighted by Gasteiger charge is -2.36. The molecule has 0 aromatic carbocycles. The first-order valence-electron chi connectivity index (χ1n) is 7.63. The van der Waals surface area contributed by atoms with Crippen LogP contribution in [0, 0.1) is 0 Å². The molecule has 0 bridgehead atoms. The summed E-state index contributed by atoms with van der Waals surface area (Å²) in [5.74, 6) is 1.33. The van der Waals surface area contributed by atoms with E-state index >= 15 is 0 Å². The Bertz CT molecular complexity index is 211. The van der Waals surface area contributed by atoms with E-state index in [0.29, 0.717) is 0 Å². The molecule has 0 amide bonds. The Balaban J connectivity index is 2.23. The van der Waals surface area contributed by atoms with E-state index in [2.05, 4.69) is 56.7 Å². The van der Waals surface area contributed by atoms with E-state index in [-0.39, 0.29) is 0 Å². The van der Waals surface area contributed by atoms with E-state index in [1.807, 2.05) is 0 Å². The van der Waals surface area contributed by atoms with Gasteiger partial charge in [-0.05, 0) is 13.5 Å². The fraction of sp³-hybridized carbons (Fsp3) is 1.00.